The fraction of sp³-hybridized carbons (Fsp3) is 0.200. The third-order valence-corrected chi connectivity index (χ3v) is 8.09. The van der Waals surface area contributed by atoms with Crippen molar-refractivity contribution in [2.45, 2.75) is 11.8 Å². The van der Waals surface area contributed by atoms with E-state index in [0.29, 0.717) is 11.0 Å². The van der Waals surface area contributed by atoms with Crippen LogP contribution in [0.15, 0.2) is 34.2 Å². The molecular weight excluding hydrogens is 278 g/mol. The van der Waals surface area contributed by atoms with Gasteiger partial charge in [0, 0.05) is 4.90 Å². The summed E-state index contributed by atoms with van der Waals surface area (Å²) in [6.07, 6.45) is 0. The average molecular weight is 289 g/mol. The Kier molecular flexibility index (Phi) is 3.84. The molecule has 0 aliphatic carbocycles. The van der Waals surface area contributed by atoms with Gasteiger partial charge in [0.05, 0.1) is 17.8 Å². The van der Waals surface area contributed by atoms with E-state index in [0.717, 1.165) is 10.6 Å². The van der Waals surface area contributed by atoms with Gasteiger partial charge in [-0.25, -0.2) is 4.99 Å². The molecule has 0 saturated heterocycles. The summed E-state index contributed by atoms with van der Waals surface area (Å²) in [5.41, 5.74) is 2.87. The quantitative estimate of drug-likeness (QED) is 0.497. The van der Waals surface area contributed by atoms with Crippen LogP contribution in [0.2, 0.25) is 0 Å². The highest BCUT2D eigenvalue weighted by Crippen LogP contribution is 2.73. The maximum Gasteiger partial charge on any atom is 0.230 e. The Hall–Kier alpha value is -0.170. The van der Waals surface area contributed by atoms with Gasteiger partial charge in [-0.1, -0.05) is 20.2 Å². The number of nitrogens with zero attached hydrogens (tertiary/aromatic N) is 1. The van der Waals surface area contributed by atoms with Crippen LogP contribution in [0, 0.1) is 0 Å². The zero-order chi connectivity index (χ0) is 11.6. The largest absolute Gasteiger partial charge is 0.478 e. The Morgan fingerprint density at radius 3 is 3.06 bits per heavy atom. The van der Waals surface area contributed by atoms with Crippen LogP contribution in [0.5, 0.6) is 0 Å². The summed E-state index contributed by atoms with van der Waals surface area (Å²) in [4.78, 5) is 5.51. The molecule has 6 heteroatoms. The van der Waals surface area contributed by atoms with Gasteiger partial charge in [0.2, 0.25) is 4.38 Å². The molecule has 1 atom stereocenters. The molecule has 0 N–H and O–H groups in total. The predicted molar refractivity (Wildman–Crippen MR) is 81.3 cm³/mol. The van der Waals surface area contributed by atoms with Gasteiger partial charge in [0.15, 0.2) is 0 Å². The second-order valence-corrected chi connectivity index (χ2v) is 10.5. The Bertz CT molecular complexity index is 448. The van der Waals surface area contributed by atoms with Crippen molar-refractivity contribution in [1.82, 2.24) is 0 Å². The van der Waals surface area contributed by atoms with Crippen LogP contribution in [0.3, 0.4) is 0 Å². The third-order valence-electron chi connectivity index (χ3n) is 1.97. The highest BCUT2D eigenvalue weighted by molar-refractivity contribution is 9.28. The number of ether oxygens (including phenoxy) is 1. The molecule has 1 unspecified atom stereocenters. The van der Waals surface area contributed by atoms with Crippen LogP contribution in [0.4, 0.5) is 5.69 Å². The minimum atomic E-state index is -1.43. The topological polar surface area (TPSA) is 21.6 Å². The molecule has 1 aliphatic heterocycles. The second-order valence-electron chi connectivity index (χ2n) is 3.04. The number of rotatable bonds is 2. The molecule has 2 nitrogen and oxygen atoms in total. The van der Waals surface area contributed by atoms with Crippen molar-refractivity contribution in [3.8, 4) is 0 Å². The van der Waals surface area contributed by atoms with E-state index in [4.69, 9.17) is 28.6 Å². The molecular formula is C10H11NOS4. The molecule has 0 spiro atoms. The van der Waals surface area contributed by atoms with E-state index in [1.807, 2.05) is 36.7 Å². The fourth-order valence-electron chi connectivity index (χ4n) is 1.31. The Labute approximate surface area is 110 Å². The molecule has 0 bridgehead atoms. The number of fused-ring (bicyclic) bond motifs is 1. The molecule has 0 radical (unpaired) electrons. The van der Waals surface area contributed by atoms with Gasteiger partial charge in [0.1, 0.15) is 0 Å². The number of aliphatic imine (C=N–C) groups is 1. The van der Waals surface area contributed by atoms with E-state index in [9.17, 15) is 0 Å². The average Bonchev–Trinajstić information content (AvgIpc) is 2.58. The molecule has 16 heavy (non-hydrogen) atoms. The van der Waals surface area contributed by atoms with Gasteiger partial charge in [0.25, 0.3) is 0 Å². The van der Waals surface area contributed by atoms with E-state index in [1.165, 1.54) is 10.8 Å². The number of hydrogen-bond acceptors (Lipinski definition) is 5. The van der Waals surface area contributed by atoms with Crippen molar-refractivity contribution >= 4 is 58.4 Å². The smallest absolute Gasteiger partial charge is 0.230 e. The first-order valence-electron chi connectivity index (χ1n) is 4.71. The van der Waals surface area contributed by atoms with Crippen LogP contribution < -0.4 is 0 Å². The highest BCUT2D eigenvalue weighted by atomic mass is 33.5. The number of thiocarbonyl (C=S) groups is 1. The normalized spacial score (nSPS) is 25.9. The Morgan fingerprint density at radius 2 is 2.31 bits per heavy atom. The monoisotopic (exact) mass is 289 g/mol. The summed E-state index contributed by atoms with van der Waals surface area (Å²) in [5, 5.41) is 0. The van der Waals surface area contributed by atoms with Crippen LogP contribution >= 0.6 is 42.8 Å². The maximum atomic E-state index is 5.29. The van der Waals surface area contributed by atoms with E-state index < -0.39 is 8.09 Å². The predicted octanol–water partition coefficient (Wildman–Crippen LogP) is 4.34. The van der Waals surface area contributed by atoms with Gasteiger partial charge in [-0.3, -0.25) is 0 Å². The van der Waals surface area contributed by atoms with Crippen molar-refractivity contribution in [2.75, 3.05) is 6.61 Å². The summed E-state index contributed by atoms with van der Waals surface area (Å²) < 4.78 is 5.83. The molecule has 0 fully saturated rings. The number of benzene rings is 1. The van der Waals surface area contributed by atoms with Crippen molar-refractivity contribution in [2.24, 2.45) is 4.99 Å². The molecule has 2 rings (SSSR count). The van der Waals surface area contributed by atoms with Gasteiger partial charge in [-0.05, 0) is 42.1 Å². The third kappa shape index (κ3) is 2.40. The number of hydrogen-bond donors (Lipinski definition) is 1. The van der Waals surface area contributed by atoms with Gasteiger partial charge >= 0.3 is 0 Å². The fourth-order valence-corrected chi connectivity index (χ4v) is 7.35. The minimum absolute atomic E-state index is 0.538. The zero-order valence-electron chi connectivity index (χ0n) is 8.62. The molecule has 0 saturated carbocycles. The molecule has 1 aromatic rings. The van der Waals surface area contributed by atoms with E-state index in [-0.39, 0.29) is 0 Å². The number of thiol groups is 1. The summed E-state index contributed by atoms with van der Waals surface area (Å²) >= 11 is 9.86. The first-order chi connectivity index (χ1) is 7.65. The minimum Gasteiger partial charge on any atom is -0.478 e. The first-order valence-corrected chi connectivity index (χ1v) is 9.20. The lowest BCUT2D eigenvalue weighted by molar-refractivity contribution is 0.346. The zero-order valence-corrected chi connectivity index (χ0v) is 12.0. The van der Waals surface area contributed by atoms with Crippen molar-refractivity contribution in [3.63, 3.8) is 0 Å². The van der Waals surface area contributed by atoms with Crippen molar-refractivity contribution in [3.05, 3.63) is 24.3 Å². The van der Waals surface area contributed by atoms with Gasteiger partial charge in [-0.15, -0.1) is 11.7 Å². The van der Waals surface area contributed by atoms with Crippen LogP contribution in [0.1, 0.15) is 6.92 Å². The summed E-state index contributed by atoms with van der Waals surface area (Å²) in [5.74, 6) is 0. The molecule has 86 valence electrons. The first kappa shape index (κ1) is 12.3. The lowest BCUT2D eigenvalue weighted by Gasteiger charge is -2.25. The van der Waals surface area contributed by atoms with E-state index >= 15 is 0 Å². The van der Waals surface area contributed by atoms with Crippen LogP contribution in [-0.4, -0.2) is 16.5 Å². The van der Waals surface area contributed by atoms with E-state index in [1.54, 1.807) is 0 Å². The molecule has 0 amide bonds. The maximum absolute atomic E-state index is 5.29. The Balaban J connectivity index is 2.22. The Morgan fingerprint density at radius 1 is 1.56 bits per heavy atom. The van der Waals surface area contributed by atoms with Crippen LogP contribution in [-0.2, 0) is 4.74 Å². The summed E-state index contributed by atoms with van der Waals surface area (Å²) in [6.45, 7) is 2.51. The van der Waals surface area contributed by atoms with Gasteiger partial charge in [-0.2, -0.15) is 0 Å². The molecule has 0 aromatic heterocycles. The number of para-hydroxylation sites is 1. The SMILES string of the molecule is CCOC(=S)SS1(S)C=Nc2ccccc21. The van der Waals surface area contributed by atoms with Crippen molar-refractivity contribution in [1.29, 1.82) is 0 Å². The lowest BCUT2D eigenvalue weighted by atomic mass is 10.3. The standard InChI is InChI=1S/C10H11NOS4/c1-2-12-10(13)15-16(14)7-11-8-5-3-4-6-9(8)16/h3-7,14H,2H2,1H3. The van der Waals surface area contributed by atoms with Crippen molar-refractivity contribution < 1.29 is 4.74 Å². The van der Waals surface area contributed by atoms with Crippen LogP contribution in [0.25, 0.3) is 0 Å². The highest BCUT2D eigenvalue weighted by Gasteiger charge is 2.30. The lowest BCUT2D eigenvalue weighted by Crippen LogP contribution is -1.98. The molecule has 1 aromatic carbocycles. The molecule has 1 aliphatic rings. The molecule has 1 heterocycles. The van der Waals surface area contributed by atoms with E-state index in [2.05, 4.69) is 4.99 Å². The summed E-state index contributed by atoms with van der Waals surface area (Å²) in [6, 6.07) is 8.00. The second kappa shape index (κ2) is 5.00. The summed E-state index contributed by atoms with van der Waals surface area (Å²) in [7, 11) is 0.0530. The van der Waals surface area contributed by atoms with Gasteiger partial charge < -0.3 is 4.74 Å².